The van der Waals surface area contributed by atoms with Gasteiger partial charge in [-0.05, 0) is 16.7 Å². The lowest BCUT2D eigenvalue weighted by atomic mass is 9.91. The molecule has 0 aromatic heterocycles. The zero-order chi connectivity index (χ0) is 16.9. The van der Waals surface area contributed by atoms with Crippen molar-refractivity contribution in [1.29, 1.82) is 0 Å². The molecule has 1 nitrogen and oxygen atoms in total. The van der Waals surface area contributed by atoms with Crippen molar-refractivity contribution in [2.75, 3.05) is 0 Å². The van der Waals surface area contributed by atoms with Crippen molar-refractivity contribution < 1.29 is 4.79 Å². The summed E-state index contributed by atoms with van der Waals surface area (Å²) in [5, 5.41) is -0.326. The van der Waals surface area contributed by atoms with Gasteiger partial charge >= 0.3 is 0 Å². The van der Waals surface area contributed by atoms with E-state index in [2.05, 4.69) is 12.1 Å². The number of rotatable bonds is 5. The molecule has 3 aromatic rings. The highest BCUT2D eigenvalue weighted by Gasteiger charge is 2.24. The Kier molecular flexibility index (Phi) is 5.12. The average Bonchev–Trinajstić information content (AvgIpc) is 2.68. The van der Waals surface area contributed by atoms with E-state index in [4.69, 9.17) is 11.6 Å². The maximum absolute atomic E-state index is 12.7. The monoisotopic (exact) mass is 334 g/mol. The van der Waals surface area contributed by atoms with E-state index in [-0.39, 0.29) is 17.1 Å². The summed E-state index contributed by atoms with van der Waals surface area (Å²) in [7, 11) is 0. The molecule has 0 saturated carbocycles. The predicted molar refractivity (Wildman–Crippen MR) is 100 cm³/mol. The van der Waals surface area contributed by atoms with Crippen molar-refractivity contribution in [2.24, 2.45) is 5.92 Å². The molecule has 0 amide bonds. The molecule has 2 atom stereocenters. The Morgan fingerprint density at radius 3 is 1.83 bits per heavy atom. The molecule has 3 aromatic carbocycles. The van der Waals surface area contributed by atoms with Gasteiger partial charge in [-0.3, -0.25) is 4.79 Å². The van der Waals surface area contributed by atoms with E-state index in [1.807, 2.05) is 79.7 Å². The summed E-state index contributed by atoms with van der Waals surface area (Å²) in [5.74, 6) is -0.213. The average molecular weight is 335 g/mol. The van der Waals surface area contributed by atoms with Crippen molar-refractivity contribution in [3.8, 4) is 11.1 Å². The molecule has 0 saturated heterocycles. The number of hydrogen-bond acceptors (Lipinski definition) is 1. The second-order valence-electron chi connectivity index (χ2n) is 5.91. The van der Waals surface area contributed by atoms with Crippen LogP contribution in [0.1, 0.15) is 28.2 Å². The number of ketones is 1. The third-order valence-electron chi connectivity index (χ3n) is 4.25. The minimum atomic E-state index is -0.326. The second kappa shape index (κ2) is 7.46. The number of hydrogen-bond donors (Lipinski definition) is 0. The molecule has 3 rings (SSSR count). The maximum Gasteiger partial charge on any atom is 0.167 e. The minimum Gasteiger partial charge on any atom is -0.294 e. The predicted octanol–water partition coefficient (Wildman–Crippen LogP) is 6.15. The van der Waals surface area contributed by atoms with Crippen LogP contribution < -0.4 is 0 Å². The SMILES string of the molecule is C[C@H](C(=O)c1ccc(-c2ccccc2)cc1)[C@H](Cl)c1ccccc1. The molecule has 0 unspecified atom stereocenters. The summed E-state index contributed by atoms with van der Waals surface area (Å²) in [4.78, 5) is 12.7. The molecule has 0 aliphatic carbocycles. The third-order valence-corrected chi connectivity index (χ3v) is 4.88. The molecule has 0 spiro atoms. The Labute approximate surface area is 147 Å². The molecule has 0 bridgehead atoms. The van der Waals surface area contributed by atoms with Crippen molar-refractivity contribution in [2.45, 2.75) is 12.3 Å². The first kappa shape index (κ1) is 16.5. The summed E-state index contributed by atoms with van der Waals surface area (Å²) in [6, 6.07) is 27.6. The van der Waals surface area contributed by atoms with Crippen LogP contribution in [0.15, 0.2) is 84.9 Å². The Morgan fingerprint density at radius 1 is 0.750 bits per heavy atom. The van der Waals surface area contributed by atoms with Gasteiger partial charge in [-0.1, -0.05) is 91.9 Å². The van der Waals surface area contributed by atoms with Crippen molar-refractivity contribution in [1.82, 2.24) is 0 Å². The van der Waals surface area contributed by atoms with Crippen molar-refractivity contribution >= 4 is 17.4 Å². The molecular weight excluding hydrogens is 316 g/mol. The fraction of sp³-hybridized carbons (Fsp3) is 0.136. The summed E-state index contributed by atoms with van der Waals surface area (Å²) in [6.45, 7) is 1.89. The summed E-state index contributed by atoms with van der Waals surface area (Å²) >= 11 is 6.51. The Hall–Kier alpha value is -2.38. The molecule has 2 heteroatoms. The first-order valence-electron chi connectivity index (χ1n) is 8.05. The van der Waals surface area contributed by atoms with E-state index in [0.29, 0.717) is 5.56 Å². The minimum absolute atomic E-state index is 0.0680. The quantitative estimate of drug-likeness (QED) is 0.404. The van der Waals surface area contributed by atoms with Gasteiger partial charge < -0.3 is 0 Å². The van der Waals surface area contributed by atoms with E-state index >= 15 is 0 Å². The standard InChI is InChI=1S/C22H19ClO/c1-16(21(23)19-10-6-3-7-11-19)22(24)20-14-12-18(13-15-20)17-8-4-2-5-9-17/h2-16,21H,1H3/t16-,21-/m0/s1. The highest BCUT2D eigenvalue weighted by atomic mass is 35.5. The van der Waals surface area contributed by atoms with Crippen molar-refractivity contribution in [3.63, 3.8) is 0 Å². The fourth-order valence-electron chi connectivity index (χ4n) is 2.78. The largest absolute Gasteiger partial charge is 0.294 e. The molecule has 120 valence electrons. The lowest BCUT2D eigenvalue weighted by Gasteiger charge is -2.17. The highest BCUT2D eigenvalue weighted by molar-refractivity contribution is 6.23. The Morgan fingerprint density at radius 2 is 1.25 bits per heavy atom. The third kappa shape index (κ3) is 3.58. The van der Waals surface area contributed by atoms with Crippen LogP contribution in [0.4, 0.5) is 0 Å². The lowest BCUT2D eigenvalue weighted by Crippen LogP contribution is -2.16. The number of halogens is 1. The van der Waals surface area contributed by atoms with E-state index < -0.39 is 0 Å². The van der Waals surface area contributed by atoms with E-state index in [1.165, 1.54) is 0 Å². The van der Waals surface area contributed by atoms with Gasteiger partial charge in [0.25, 0.3) is 0 Å². The van der Waals surface area contributed by atoms with Gasteiger partial charge in [0.2, 0.25) is 0 Å². The zero-order valence-corrected chi connectivity index (χ0v) is 14.3. The Balaban J connectivity index is 1.77. The number of benzene rings is 3. The van der Waals surface area contributed by atoms with Crippen LogP contribution in [0.3, 0.4) is 0 Å². The van der Waals surface area contributed by atoms with Gasteiger partial charge in [0, 0.05) is 11.5 Å². The summed E-state index contributed by atoms with van der Waals surface area (Å²) in [6.07, 6.45) is 0. The molecule has 0 fully saturated rings. The molecule has 0 aliphatic heterocycles. The molecule has 0 radical (unpaired) electrons. The van der Waals surface area contributed by atoms with Gasteiger partial charge in [0.05, 0.1) is 5.38 Å². The fourth-order valence-corrected chi connectivity index (χ4v) is 3.04. The van der Waals surface area contributed by atoms with Crippen LogP contribution in [0, 0.1) is 5.92 Å². The molecule has 0 heterocycles. The summed E-state index contributed by atoms with van der Waals surface area (Å²) < 4.78 is 0. The van der Waals surface area contributed by atoms with Gasteiger partial charge in [-0.15, -0.1) is 11.6 Å². The van der Waals surface area contributed by atoms with Crippen LogP contribution >= 0.6 is 11.6 Å². The zero-order valence-electron chi connectivity index (χ0n) is 13.5. The van der Waals surface area contributed by atoms with Gasteiger partial charge in [0.15, 0.2) is 5.78 Å². The number of Topliss-reactive ketones (excluding diaryl/α,β-unsaturated/α-hetero) is 1. The molecule has 0 aliphatic rings. The molecule has 0 N–H and O–H groups in total. The van der Waals surface area contributed by atoms with Gasteiger partial charge in [-0.2, -0.15) is 0 Å². The molecular formula is C22H19ClO. The smallest absolute Gasteiger partial charge is 0.167 e. The van der Waals surface area contributed by atoms with Crippen molar-refractivity contribution in [3.05, 3.63) is 96.1 Å². The van der Waals surface area contributed by atoms with E-state index in [9.17, 15) is 4.79 Å². The van der Waals surface area contributed by atoms with Crippen LogP contribution in [0.25, 0.3) is 11.1 Å². The maximum atomic E-state index is 12.7. The summed E-state index contributed by atoms with van der Waals surface area (Å²) in [5.41, 5.74) is 3.92. The van der Waals surface area contributed by atoms with E-state index in [0.717, 1.165) is 16.7 Å². The van der Waals surface area contributed by atoms with Gasteiger partial charge in [0.1, 0.15) is 0 Å². The van der Waals surface area contributed by atoms with Crippen LogP contribution in [-0.2, 0) is 0 Å². The highest BCUT2D eigenvalue weighted by Crippen LogP contribution is 2.31. The van der Waals surface area contributed by atoms with Crippen LogP contribution in [0.2, 0.25) is 0 Å². The second-order valence-corrected chi connectivity index (χ2v) is 6.38. The first-order chi connectivity index (χ1) is 11.7. The lowest BCUT2D eigenvalue weighted by molar-refractivity contribution is 0.0926. The first-order valence-corrected chi connectivity index (χ1v) is 8.49. The van der Waals surface area contributed by atoms with Crippen LogP contribution in [-0.4, -0.2) is 5.78 Å². The van der Waals surface area contributed by atoms with E-state index in [1.54, 1.807) is 0 Å². The normalized spacial score (nSPS) is 13.2. The number of alkyl halides is 1. The van der Waals surface area contributed by atoms with Crippen LogP contribution in [0.5, 0.6) is 0 Å². The number of carbonyl (C=O) groups excluding carboxylic acids is 1. The topological polar surface area (TPSA) is 17.1 Å². The van der Waals surface area contributed by atoms with Gasteiger partial charge in [-0.25, -0.2) is 0 Å². The molecule has 24 heavy (non-hydrogen) atoms. The number of carbonyl (C=O) groups is 1. The Bertz CT molecular complexity index is 794.